The first-order chi connectivity index (χ1) is 12.5. The lowest BCUT2D eigenvalue weighted by molar-refractivity contribution is 0.585. The number of benzene rings is 3. The molecule has 0 saturated carbocycles. The van der Waals surface area contributed by atoms with Crippen molar-refractivity contribution in [1.82, 2.24) is 0 Å². The largest absolute Gasteiger partial charge is 0.352 e. The molecule has 0 radical (unpaired) electrons. The van der Waals surface area contributed by atoms with E-state index in [-0.39, 0.29) is 0 Å². The van der Waals surface area contributed by atoms with E-state index in [1.165, 1.54) is 0 Å². The van der Waals surface area contributed by atoms with Gasteiger partial charge in [-0.15, -0.1) is 0 Å². The summed E-state index contributed by atoms with van der Waals surface area (Å²) in [7, 11) is -3.31. The highest BCUT2D eigenvalue weighted by Gasteiger charge is 2.25. The Bertz CT molecular complexity index is 845. The smallest absolute Gasteiger partial charge is 0.303 e. The molecule has 0 amide bonds. The van der Waals surface area contributed by atoms with E-state index in [1.807, 2.05) is 72.8 Å². The van der Waals surface area contributed by atoms with Gasteiger partial charge in [-0.2, -0.15) is 0 Å². The predicted molar refractivity (Wildman–Crippen MR) is 121 cm³/mol. The molecule has 0 aliphatic heterocycles. The Kier molecular flexibility index (Phi) is 6.46. The summed E-state index contributed by atoms with van der Waals surface area (Å²) in [6, 6.07) is 22.6. The molecule has 0 heterocycles. The van der Waals surface area contributed by atoms with Gasteiger partial charge in [0.15, 0.2) is 0 Å². The maximum Gasteiger partial charge on any atom is 0.352 e. The zero-order valence-electron chi connectivity index (χ0n) is 13.4. The molecule has 0 unspecified atom stereocenters. The third-order valence-corrected chi connectivity index (χ3v) is 7.20. The molecule has 0 bridgehead atoms. The normalized spacial score (nSPS) is 11.0. The van der Waals surface area contributed by atoms with Gasteiger partial charge in [-0.3, -0.25) is 4.57 Å². The van der Waals surface area contributed by atoms with Crippen LogP contribution in [0, 0.1) is 0 Å². The van der Waals surface area contributed by atoms with Crippen LogP contribution in [0.15, 0.2) is 86.2 Å². The Morgan fingerprint density at radius 1 is 0.538 bits per heavy atom. The standard InChI is InChI=1S/C18H15Br3N3OP/c19-13-7-1-4-10-16(13)22-26(25,23-17-11-5-2-8-14(17)20)24-18-12-6-3-9-15(18)21/h1-12H,(H3,22,23,24,25). The molecule has 134 valence electrons. The van der Waals surface area contributed by atoms with E-state index >= 15 is 0 Å². The van der Waals surface area contributed by atoms with E-state index in [4.69, 9.17) is 0 Å². The fraction of sp³-hybridized carbons (Fsp3) is 0. The number of anilines is 3. The summed E-state index contributed by atoms with van der Waals surface area (Å²) in [4.78, 5) is 0. The third-order valence-electron chi connectivity index (χ3n) is 3.46. The van der Waals surface area contributed by atoms with Crippen molar-refractivity contribution in [1.29, 1.82) is 0 Å². The van der Waals surface area contributed by atoms with Crippen LogP contribution in [-0.2, 0) is 4.57 Å². The number of rotatable bonds is 6. The highest BCUT2D eigenvalue weighted by atomic mass is 79.9. The Labute approximate surface area is 177 Å². The maximum absolute atomic E-state index is 13.8. The monoisotopic (exact) mass is 557 g/mol. The van der Waals surface area contributed by atoms with Gasteiger partial charge < -0.3 is 15.3 Å². The quantitative estimate of drug-likeness (QED) is 0.271. The Morgan fingerprint density at radius 2 is 0.808 bits per heavy atom. The molecule has 0 aliphatic rings. The SMILES string of the molecule is O=P(Nc1ccccc1Br)(Nc1ccccc1Br)Nc1ccccc1Br. The maximum atomic E-state index is 13.8. The molecule has 3 N–H and O–H groups in total. The van der Waals surface area contributed by atoms with Crippen LogP contribution in [0.3, 0.4) is 0 Å². The number of para-hydroxylation sites is 3. The molecule has 0 spiro atoms. The molecule has 0 saturated heterocycles. The summed E-state index contributed by atoms with van der Waals surface area (Å²) >= 11 is 10.5. The van der Waals surface area contributed by atoms with Crippen molar-refractivity contribution in [2.75, 3.05) is 15.3 Å². The van der Waals surface area contributed by atoms with Crippen molar-refractivity contribution >= 4 is 72.4 Å². The zero-order valence-corrected chi connectivity index (χ0v) is 19.1. The van der Waals surface area contributed by atoms with Gasteiger partial charge in [0.1, 0.15) is 0 Å². The van der Waals surface area contributed by atoms with Gasteiger partial charge in [0.05, 0.1) is 17.1 Å². The van der Waals surface area contributed by atoms with Crippen molar-refractivity contribution in [3.63, 3.8) is 0 Å². The van der Waals surface area contributed by atoms with Crippen molar-refractivity contribution in [3.8, 4) is 0 Å². The number of hydrogen-bond acceptors (Lipinski definition) is 1. The van der Waals surface area contributed by atoms with Crippen LogP contribution in [0.25, 0.3) is 0 Å². The Morgan fingerprint density at radius 3 is 1.08 bits per heavy atom. The summed E-state index contributed by atoms with van der Waals surface area (Å²) in [5.74, 6) is 0. The second-order valence-corrected chi connectivity index (χ2v) is 9.84. The van der Waals surface area contributed by atoms with Gasteiger partial charge in [0, 0.05) is 13.4 Å². The van der Waals surface area contributed by atoms with E-state index < -0.39 is 7.59 Å². The first kappa shape index (κ1) is 19.5. The van der Waals surface area contributed by atoms with Crippen molar-refractivity contribution in [2.24, 2.45) is 0 Å². The molecule has 0 fully saturated rings. The predicted octanol–water partition coefficient (Wildman–Crippen LogP) is 7.72. The van der Waals surface area contributed by atoms with Crippen LogP contribution < -0.4 is 15.3 Å². The number of halogens is 3. The van der Waals surface area contributed by atoms with Crippen LogP contribution in [-0.4, -0.2) is 0 Å². The fourth-order valence-corrected chi connectivity index (χ4v) is 5.63. The van der Waals surface area contributed by atoms with Gasteiger partial charge in [0.2, 0.25) is 0 Å². The molecule has 0 atom stereocenters. The summed E-state index contributed by atoms with van der Waals surface area (Å²) in [6.45, 7) is 0. The minimum Gasteiger partial charge on any atom is -0.303 e. The second kappa shape index (κ2) is 8.61. The molecule has 26 heavy (non-hydrogen) atoms. The molecule has 0 aliphatic carbocycles. The minimum absolute atomic E-state index is 0.718. The average molecular weight is 560 g/mol. The molecule has 4 nitrogen and oxygen atoms in total. The molecule has 0 aromatic heterocycles. The number of hydrogen-bond donors (Lipinski definition) is 3. The number of nitrogens with one attached hydrogen (secondary N) is 3. The molecular formula is C18H15Br3N3OP. The summed E-state index contributed by atoms with van der Waals surface area (Å²) in [5.41, 5.74) is 2.15. The summed E-state index contributed by atoms with van der Waals surface area (Å²) in [6.07, 6.45) is 0. The molecule has 3 rings (SSSR count). The highest BCUT2D eigenvalue weighted by molar-refractivity contribution is 9.11. The topological polar surface area (TPSA) is 53.2 Å². The Hall–Kier alpha value is -1.27. The van der Waals surface area contributed by atoms with Gasteiger partial charge in [0.25, 0.3) is 0 Å². The lowest BCUT2D eigenvalue weighted by Crippen LogP contribution is -2.14. The van der Waals surface area contributed by atoms with Gasteiger partial charge in [-0.25, -0.2) is 0 Å². The van der Waals surface area contributed by atoms with Crippen molar-refractivity contribution in [2.45, 2.75) is 0 Å². The van der Waals surface area contributed by atoms with Crippen molar-refractivity contribution in [3.05, 3.63) is 86.2 Å². The molecule has 8 heteroatoms. The minimum atomic E-state index is -3.31. The van der Waals surface area contributed by atoms with Crippen molar-refractivity contribution < 1.29 is 4.57 Å². The molecule has 3 aromatic carbocycles. The van der Waals surface area contributed by atoms with Crippen LogP contribution in [0.5, 0.6) is 0 Å². The lowest BCUT2D eigenvalue weighted by atomic mass is 10.3. The van der Waals surface area contributed by atoms with Gasteiger partial charge in [-0.05, 0) is 84.2 Å². The highest BCUT2D eigenvalue weighted by Crippen LogP contribution is 2.48. The fourth-order valence-electron chi connectivity index (χ4n) is 2.25. The van der Waals surface area contributed by atoms with E-state index in [2.05, 4.69) is 63.1 Å². The van der Waals surface area contributed by atoms with E-state index in [0.29, 0.717) is 0 Å². The van der Waals surface area contributed by atoms with E-state index in [9.17, 15) is 4.57 Å². The second-order valence-electron chi connectivity index (χ2n) is 5.38. The molecule has 3 aromatic rings. The summed E-state index contributed by atoms with van der Waals surface area (Å²) in [5, 5.41) is 9.36. The summed E-state index contributed by atoms with van der Waals surface area (Å²) < 4.78 is 16.2. The first-order valence-corrected chi connectivity index (χ1v) is 11.7. The third kappa shape index (κ3) is 4.92. The average Bonchev–Trinajstić information content (AvgIpc) is 2.61. The van der Waals surface area contributed by atoms with Crippen LogP contribution in [0.4, 0.5) is 17.1 Å². The molecular weight excluding hydrogens is 545 g/mol. The van der Waals surface area contributed by atoms with Crippen LogP contribution >= 0.6 is 55.4 Å². The van der Waals surface area contributed by atoms with Crippen LogP contribution in [0.1, 0.15) is 0 Å². The van der Waals surface area contributed by atoms with E-state index in [1.54, 1.807) is 0 Å². The zero-order chi connectivity index (χ0) is 18.6. The van der Waals surface area contributed by atoms with E-state index in [0.717, 1.165) is 30.5 Å². The van der Waals surface area contributed by atoms with Crippen LogP contribution in [0.2, 0.25) is 0 Å². The Balaban J connectivity index is 1.97. The first-order valence-electron chi connectivity index (χ1n) is 7.65. The lowest BCUT2D eigenvalue weighted by Gasteiger charge is -2.25. The van der Waals surface area contributed by atoms with Gasteiger partial charge in [-0.1, -0.05) is 36.4 Å². The van der Waals surface area contributed by atoms with Gasteiger partial charge >= 0.3 is 7.59 Å².